The van der Waals surface area contributed by atoms with E-state index < -0.39 is 24.1 Å². The van der Waals surface area contributed by atoms with Gasteiger partial charge in [-0.25, -0.2) is 4.39 Å². The minimum atomic E-state index is -3.10. The van der Waals surface area contributed by atoms with Crippen LogP contribution in [0.2, 0.25) is 0 Å². The number of benzene rings is 1. The summed E-state index contributed by atoms with van der Waals surface area (Å²) < 4.78 is 42.2. The summed E-state index contributed by atoms with van der Waals surface area (Å²) in [7, 11) is 0. The lowest BCUT2D eigenvalue weighted by Gasteiger charge is -2.08. The molecule has 3 nitrogen and oxygen atoms in total. The van der Waals surface area contributed by atoms with Gasteiger partial charge in [0.1, 0.15) is 0 Å². The fraction of sp³-hybridized carbons (Fsp3) is 0.0833. The van der Waals surface area contributed by atoms with Gasteiger partial charge in [0.05, 0.1) is 8.66 Å². The predicted octanol–water partition coefficient (Wildman–Crippen LogP) is 4.50. The number of anilines is 1. The fourth-order valence-electron chi connectivity index (χ4n) is 1.40. The van der Waals surface area contributed by atoms with Crippen LogP contribution in [0.4, 0.5) is 18.9 Å². The van der Waals surface area contributed by atoms with Gasteiger partial charge in [-0.1, -0.05) is 0 Å². The summed E-state index contributed by atoms with van der Waals surface area (Å²) in [6.45, 7) is -3.10. The van der Waals surface area contributed by atoms with Gasteiger partial charge in [0.15, 0.2) is 11.6 Å². The van der Waals surface area contributed by atoms with Crippen LogP contribution in [-0.2, 0) is 0 Å². The molecule has 1 aromatic carbocycles. The van der Waals surface area contributed by atoms with E-state index in [0.29, 0.717) is 4.88 Å². The molecule has 0 unspecified atom stereocenters. The van der Waals surface area contributed by atoms with Crippen LogP contribution in [0.25, 0.3) is 0 Å². The molecule has 1 N–H and O–H groups in total. The third-order valence-electron chi connectivity index (χ3n) is 2.20. The molecule has 20 heavy (non-hydrogen) atoms. The average molecular weight is 366 g/mol. The molecule has 0 radical (unpaired) electrons. The van der Waals surface area contributed by atoms with E-state index in [1.807, 2.05) is 0 Å². The molecule has 2 rings (SSSR count). The van der Waals surface area contributed by atoms with Crippen molar-refractivity contribution in [1.82, 2.24) is 0 Å². The van der Waals surface area contributed by atoms with Crippen molar-refractivity contribution in [3.8, 4) is 5.75 Å². The summed E-state index contributed by atoms with van der Waals surface area (Å²) in [6, 6.07) is 6.54. The van der Waals surface area contributed by atoms with Crippen molar-refractivity contribution in [1.29, 1.82) is 0 Å². The number of rotatable bonds is 4. The summed E-state index contributed by atoms with van der Waals surface area (Å²) in [5.74, 6) is -1.96. The van der Waals surface area contributed by atoms with Crippen molar-refractivity contribution in [3.63, 3.8) is 0 Å². The topological polar surface area (TPSA) is 38.3 Å². The quantitative estimate of drug-likeness (QED) is 0.865. The molecule has 0 aliphatic heterocycles. The molecule has 1 aromatic heterocycles. The van der Waals surface area contributed by atoms with Gasteiger partial charge in [-0.2, -0.15) is 8.78 Å². The van der Waals surface area contributed by atoms with Gasteiger partial charge >= 0.3 is 6.61 Å². The molecule has 0 saturated carbocycles. The second kappa shape index (κ2) is 6.27. The van der Waals surface area contributed by atoms with Crippen LogP contribution in [0.1, 0.15) is 9.67 Å². The number of hydrogen-bond donors (Lipinski definition) is 1. The van der Waals surface area contributed by atoms with E-state index >= 15 is 0 Å². The molecule has 0 aliphatic rings. The van der Waals surface area contributed by atoms with E-state index in [1.54, 1.807) is 12.1 Å². The highest BCUT2D eigenvalue weighted by molar-refractivity contribution is 9.11. The van der Waals surface area contributed by atoms with E-state index in [2.05, 4.69) is 26.0 Å². The first-order chi connectivity index (χ1) is 9.45. The van der Waals surface area contributed by atoms with Crippen LogP contribution in [0.15, 0.2) is 34.1 Å². The zero-order chi connectivity index (χ0) is 14.7. The summed E-state index contributed by atoms with van der Waals surface area (Å²) in [5, 5.41) is 2.46. The van der Waals surface area contributed by atoms with E-state index in [4.69, 9.17) is 0 Å². The van der Waals surface area contributed by atoms with Crippen LogP contribution < -0.4 is 10.1 Å². The molecule has 0 spiro atoms. The van der Waals surface area contributed by atoms with Gasteiger partial charge in [-0.3, -0.25) is 4.79 Å². The number of ether oxygens (including phenoxy) is 1. The number of halogens is 4. The van der Waals surface area contributed by atoms with Gasteiger partial charge in [0.25, 0.3) is 5.91 Å². The van der Waals surface area contributed by atoms with Crippen LogP contribution in [0.5, 0.6) is 5.75 Å². The standard InChI is InChI=1S/C12H7BrF3NO2S/c13-10-4-3-9(20-10)11(18)17-6-1-2-8(7(14)5-6)19-12(15)16/h1-5,12H,(H,17,18). The third-order valence-corrected chi connectivity index (χ3v) is 3.83. The number of amides is 1. The molecule has 1 heterocycles. The maximum Gasteiger partial charge on any atom is 0.387 e. The Hall–Kier alpha value is -1.54. The Morgan fingerprint density at radius 1 is 1.30 bits per heavy atom. The number of hydrogen-bond acceptors (Lipinski definition) is 3. The molecular weight excluding hydrogens is 359 g/mol. The van der Waals surface area contributed by atoms with Crippen LogP contribution in [-0.4, -0.2) is 12.5 Å². The molecule has 0 fully saturated rings. The number of alkyl halides is 2. The highest BCUT2D eigenvalue weighted by Crippen LogP contribution is 2.25. The lowest BCUT2D eigenvalue weighted by atomic mass is 10.3. The maximum atomic E-state index is 13.5. The van der Waals surface area contributed by atoms with Crippen molar-refractivity contribution >= 4 is 38.9 Å². The van der Waals surface area contributed by atoms with Gasteiger partial charge in [0, 0.05) is 11.8 Å². The number of carbonyl (C=O) groups is 1. The first-order valence-electron chi connectivity index (χ1n) is 5.27. The second-order valence-corrected chi connectivity index (χ2v) is 6.04. The Morgan fingerprint density at radius 2 is 2.05 bits per heavy atom. The molecule has 8 heteroatoms. The highest BCUT2D eigenvalue weighted by atomic mass is 79.9. The van der Waals surface area contributed by atoms with E-state index in [-0.39, 0.29) is 5.69 Å². The van der Waals surface area contributed by atoms with Crippen LogP contribution >= 0.6 is 27.3 Å². The molecular formula is C12H7BrF3NO2S. The van der Waals surface area contributed by atoms with E-state index in [1.165, 1.54) is 17.4 Å². The molecule has 106 valence electrons. The molecule has 0 atom stereocenters. The summed E-state index contributed by atoms with van der Waals surface area (Å²) in [6.07, 6.45) is 0. The molecule has 0 saturated heterocycles. The summed E-state index contributed by atoms with van der Waals surface area (Å²) in [4.78, 5) is 12.2. The number of carbonyl (C=O) groups excluding carboxylic acids is 1. The molecule has 0 bridgehead atoms. The van der Waals surface area contributed by atoms with Crippen molar-refractivity contribution in [3.05, 3.63) is 44.8 Å². The summed E-state index contributed by atoms with van der Waals surface area (Å²) >= 11 is 4.44. The van der Waals surface area contributed by atoms with Crippen molar-refractivity contribution < 1.29 is 22.7 Å². The molecule has 0 aliphatic carbocycles. The lowest BCUT2D eigenvalue weighted by Crippen LogP contribution is -2.10. The number of nitrogens with one attached hydrogen (secondary N) is 1. The Morgan fingerprint density at radius 3 is 2.60 bits per heavy atom. The van der Waals surface area contributed by atoms with E-state index in [0.717, 1.165) is 15.9 Å². The molecule has 1 amide bonds. The maximum absolute atomic E-state index is 13.5. The van der Waals surface area contributed by atoms with Crippen LogP contribution in [0.3, 0.4) is 0 Å². The highest BCUT2D eigenvalue weighted by Gasteiger charge is 2.13. The van der Waals surface area contributed by atoms with Crippen molar-refractivity contribution in [2.45, 2.75) is 6.61 Å². The normalized spacial score (nSPS) is 10.7. The van der Waals surface area contributed by atoms with Crippen LogP contribution in [0, 0.1) is 5.82 Å². The molecule has 2 aromatic rings. The van der Waals surface area contributed by atoms with Gasteiger partial charge in [0.2, 0.25) is 0 Å². The average Bonchev–Trinajstić information content (AvgIpc) is 2.79. The first kappa shape index (κ1) is 14.9. The third kappa shape index (κ3) is 3.73. The number of thiophene rings is 1. The minimum absolute atomic E-state index is 0.152. The second-order valence-electron chi connectivity index (χ2n) is 3.58. The Labute approximate surface area is 124 Å². The predicted molar refractivity (Wildman–Crippen MR) is 73.0 cm³/mol. The largest absolute Gasteiger partial charge is 0.432 e. The van der Waals surface area contributed by atoms with Crippen molar-refractivity contribution in [2.75, 3.05) is 5.32 Å². The Balaban J connectivity index is 2.10. The smallest absolute Gasteiger partial charge is 0.387 e. The Bertz CT molecular complexity index is 633. The zero-order valence-corrected chi connectivity index (χ0v) is 12.1. The lowest BCUT2D eigenvalue weighted by molar-refractivity contribution is -0.0521. The first-order valence-corrected chi connectivity index (χ1v) is 6.87. The zero-order valence-electron chi connectivity index (χ0n) is 9.70. The summed E-state index contributed by atoms with van der Waals surface area (Å²) in [5.41, 5.74) is 0.152. The van der Waals surface area contributed by atoms with Gasteiger partial charge in [-0.05, 0) is 40.2 Å². The Kier molecular flexibility index (Phi) is 4.66. The van der Waals surface area contributed by atoms with Gasteiger partial charge < -0.3 is 10.1 Å². The monoisotopic (exact) mass is 365 g/mol. The minimum Gasteiger partial charge on any atom is -0.432 e. The van der Waals surface area contributed by atoms with Crippen molar-refractivity contribution in [2.24, 2.45) is 0 Å². The van der Waals surface area contributed by atoms with Gasteiger partial charge in [-0.15, -0.1) is 11.3 Å². The van der Waals surface area contributed by atoms with E-state index in [9.17, 15) is 18.0 Å². The fourth-order valence-corrected chi connectivity index (χ4v) is 2.68. The SMILES string of the molecule is O=C(Nc1ccc(OC(F)F)c(F)c1)c1ccc(Br)s1.